The Morgan fingerprint density at radius 2 is 2.00 bits per heavy atom. The van der Waals surface area contributed by atoms with Crippen LogP contribution < -0.4 is 0 Å². The van der Waals surface area contributed by atoms with Gasteiger partial charge in [0.05, 0.1) is 12.7 Å². The zero-order chi connectivity index (χ0) is 10.8. The minimum atomic E-state index is -3.81. The normalized spacial score (nSPS) is 36.1. The Hall–Kier alpha value is 0.110. The second-order valence-corrected chi connectivity index (χ2v) is 6.16. The Bertz CT molecular complexity index is 233. The number of hydrogen-bond donors (Lipinski definition) is 1. The van der Waals surface area contributed by atoms with Crippen LogP contribution in [0.4, 0.5) is 0 Å². The van der Waals surface area contributed by atoms with Crippen molar-refractivity contribution in [2.45, 2.75) is 46.1 Å². The molecule has 0 bridgehead atoms. The molecule has 0 spiro atoms. The summed E-state index contributed by atoms with van der Waals surface area (Å²) in [5.41, 5.74) is -0.126. The minimum Gasteiger partial charge on any atom is -0.302 e. The molecular formula is C9H19O4P. The van der Waals surface area contributed by atoms with E-state index in [9.17, 15) is 9.46 Å². The summed E-state index contributed by atoms with van der Waals surface area (Å²) < 4.78 is 21.3. The van der Waals surface area contributed by atoms with Gasteiger partial charge in [-0.15, -0.1) is 0 Å². The Morgan fingerprint density at radius 1 is 1.36 bits per heavy atom. The van der Waals surface area contributed by atoms with Gasteiger partial charge in [0.1, 0.15) is 0 Å². The maximum atomic E-state index is 11.4. The zero-order valence-corrected chi connectivity index (χ0v) is 9.92. The van der Waals surface area contributed by atoms with Crippen molar-refractivity contribution in [2.75, 3.05) is 6.61 Å². The van der Waals surface area contributed by atoms with E-state index in [0.29, 0.717) is 6.61 Å². The SMILES string of the molecule is CC(C)(C)C1CCCCOP(=O)(O)O1. The fourth-order valence-corrected chi connectivity index (χ4v) is 2.61. The average Bonchev–Trinajstić information content (AvgIpc) is 1.95. The summed E-state index contributed by atoms with van der Waals surface area (Å²) in [5.74, 6) is 0. The first-order chi connectivity index (χ1) is 6.31. The van der Waals surface area contributed by atoms with Gasteiger partial charge >= 0.3 is 7.82 Å². The first kappa shape index (κ1) is 12.2. The van der Waals surface area contributed by atoms with Crippen LogP contribution in [0.3, 0.4) is 0 Å². The van der Waals surface area contributed by atoms with Crippen LogP contribution in [0.5, 0.6) is 0 Å². The highest BCUT2D eigenvalue weighted by molar-refractivity contribution is 7.47. The quantitative estimate of drug-likeness (QED) is 0.640. The first-order valence-electron chi connectivity index (χ1n) is 4.97. The topological polar surface area (TPSA) is 55.8 Å². The molecule has 0 aromatic heterocycles. The number of rotatable bonds is 0. The van der Waals surface area contributed by atoms with E-state index in [1.54, 1.807) is 0 Å². The summed E-state index contributed by atoms with van der Waals surface area (Å²) in [5, 5.41) is 0. The summed E-state index contributed by atoms with van der Waals surface area (Å²) in [4.78, 5) is 9.32. The highest BCUT2D eigenvalue weighted by Gasteiger charge is 2.34. The molecule has 84 valence electrons. The summed E-state index contributed by atoms with van der Waals surface area (Å²) in [6.45, 7) is 6.31. The van der Waals surface area contributed by atoms with Gasteiger partial charge < -0.3 is 4.89 Å². The monoisotopic (exact) mass is 222 g/mol. The maximum Gasteiger partial charge on any atom is 0.472 e. The molecule has 1 saturated heterocycles. The minimum absolute atomic E-state index is 0.126. The van der Waals surface area contributed by atoms with E-state index in [1.165, 1.54) is 0 Å². The lowest BCUT2D eigenvalue weighted by Crippen LogP contribution is -2.29. The van der Waals surface area contributed by atoms with Crippen LogP contribution in [0.1, 0.15) is 40.0 Å². The molecule has 2 atom stereocenters. The molecule has 0 aromatic rings. The third kappa shape index (κ3) is 3.70. The van der Waals surface area contributed by atoms with E-state index >= 15 is 0 Å². The molecule has 1 fully saturated rings. The van der Waals surface area contributed by atoms with Gasteiger partial charge in [0.2, 0.25) is 0 Å². The van der Waals surface area contributed by atoms with Gasteiger partial charge in [-0.25, -0.2) is 4.57 Å². The molecule has 0 aromatic carbocycles. The highest BCUT2D eigenvalue weighted by atomic mass is 31.2. The van der Waals surface area contributed by atoms with Crippen LogP contribution in [0.15, 0.2) is 0 Å². The molecule has 0 radical (unpaired) electrons. The largest absolute Gasteiger partial charge is 0.472 e. The van der Waals surface area contributed by atoms with Crippen molar-refractivity contribution in [1.29, 1.82) is 0 Å². The van der Waals surface area contributed by atoms with Crippen LogP contribution in [0.25, 0.3) is 0 Å². The summed E-state index contributed by atoms with van der Waals surface area (Å²) in [6, 6.07) is 0. The van der Waals surface area contributed by atoms with Crippen molar-refractivity contribution in [3.8, 4) is 0 Å². The fourth-order valence-electron chi connectivity index (χ4n) is 1.45. The fraction of sp³-hybridized carbons (Fsp3) is 1.00. The van der Waals surface area contributed by atoms with Gasteiger partial charge in [0.25, 0.3) is 0 Å². The summed E-state index contributed by atoms with van der Waals surface area (Å²) >= 11 is 0. The lowest BCUT2D eigenvalue weighted by atomic mass is 9.86. The second kappa shape index (κ2) is 4.31. The Kier molecular flexibility index (Phi) is 3.75. The molecule has 1 rings (SSSR count). The van der Waals surface area contributed by atoms with E-state index in [4.69, 9.17) is 9.05 Å². The van der Waals surface area contributed by atoms with E-state index in [0.717, 1.165) is 19.3 Å². The average molecular weight is 222 g/mol. The van der Waals surface area contributed by atoms with Gasteiger partial charge in [-0.05, 0) is 24.7 Å². The van der Waals surface area contributed by atoms with Crippen LogP contribution in [-0.4, -0.2) is 17.6 Å². The van der Waals surface area contributed by atoms with Crippen molar-refractivity contribution < 1.29 is 18.5 Å². The number of phosphoric acid groups is 1. The van der Waals surface area contributed by atoms with E-state index in [-0.39, 0.29) is 11.5 Å². The van der Waals surface area contributed by atoms with Gasteiger partial charge in [0, 0.05) is 0 Å². The Morgan fingerprint density at radius 3 is 2.57 bits per heavy atom. The maximum absolute atomic E-state index is 11.4. The van der Waals surface area contributed by atoms with Gasteiger partial charge in [-0.2, -0.15) is 0 Å². The third-order valence-electron chi connectivity index (χ3n) is 2.34. The van der Waals surface area contributed by atoms with Crippen LogP contribution >= 0.6 is 7.82 Å². The van der Waals surface area contributed by atoms with Crippen LogP contribution in [-0.2, 0) is 13.6 Å². The molecule has 1 heterocycles. The Labute approximate surface area is 85.2 Å². The molecule has 0 saturated carbocycles. The van der Waals surface area contributed by atoms with Gasteiger partial charge in [-0.3, -0.25) is 9.05 Å². The van der Waals surface area contributed by atoms with Gasteiger partial charge in [-0.1, -0.05) is 20.8 Å². The van der Waals surface area contributed by atoms with E-state index in [2.05, 4.69) is 0 Å². The number of phosphoric ester groups is 1. The molecule has 5 heteroatoms. The molecule has 0 amide bonds. The predicted octanol–water partition coefficient (Wildman–Crippen LogP) is 2.72. The van der Waals surface area contributed by atoms with Crippen molar-refractivity contribution in [2.24, 2.45) is 5.41 Å². The second-order valence-electron chi connectivity index (χ2n) is 4.76. The molecule has 1 aliphatic heterocycles. The third-order valence-corrected chi connectivity index (χ3v) is 3.37. The van der Waals surface area contributed by atoms with Crippen molar-refractivity contribution in [1.82, 2.24) is 0 Å². The molecule has 0 aliphatic carbocycles. The van der Waals surface area contributed by atoms with Crippen LogP contribution in [0, 0.1) is 5.41 Å². The van der Waals surface area contributed by atoms with Gasteiger partial charge in [0.15, 0.2) is 0 Å². The highest BCUT2D eigenvalue weighted by Crippen LogP contribution is 2.49. The smallest absolute Gasteiger partial charge is 0.302 e. The van der Waals surface area contributed by atoms with E-state index < -0.39 is 7.82 Å². The van der Waals surface area contributed by atoms with Crippen molar-refractivity contribution in [3.63, 3.8) is 0 Å². The van der Waals surface area contributed by atoms with Crippen LogP contribution in [0.2, 0.25) is 0 Å². The molecule has 1 aliphatic rings. The summed E-state index contributed by atoms with van der Waals surface area (Å²) in [7, 11) is -3.81. The van der Waals surface area contributed by atoms with Crippen molar-refractivity contribution in [3.05, 3.63) is 0 Å². The summed E-state index contributed by atoms with van der Waals surface area (Å²) in [6.07, 6.45) is 2.40. The van der Waals surface area contributed by atoms with E-state index in [1.807, 2.05) is 20.8 Å². The predicted molar refractivity (Wildman–Crippen MR) is 54.0 cm³/mol. The molecular weight excluding hydrogens is 203 g/mol. The lowest BCUT2D eigenvalue weighted by Gasteiger charge is -2.33. The lowest BCUT2D eigenvalue weighted by molar-refractivity contribution is 0.0216. The Balaban J connectivity index is 2.70. The molecule has 14 heavy (non-hydrogen) atoms. The molecule has 1 N–H and O–H groups in total. The number of hydrogen-bond acceptors (Lipinski definition) is 3. The van der Waals surface area contributed by atoms with Crippen molar-refractivity contribution >= 4 is 7.82 Å². The zero-order valence-electron chi connectivity index (χ0n) is 9.02. The molecule has 2 unspecified atom stereocenters. The first-order valence-corrected chi connectivity index (χ1v) is 6.46. The standard InChI is InChI=1S/C9H19O4P/c1-9(2,3)8-6-4-5-7-12-14(10,11)13-8/h8H,4-7H2,1-3H3,(H,10,11). The molecule has 4 nitrogen and oxygen atoms in total.